The van der Waals surface area contributed by atoms with Crippen LogP contribution in [0, 0.1) is 6.92 Å². The predicted molar refractivity (Wildman–Crippen MR) is 102 cm³/mol. The number of anilines is 1. The van der Waals surface area contributed by atoms with Gasteiger partial charge >= 0.3 is 0 Å². The number of hydrogen-bond acceptors (Lipinski definition) is 3. The fraction of sp³-hybridized carbons (Fsp3) is 0.450. The molecule has 1 aromatic heterocycles. The second-order valence-electron chi connectivity index (χ2n) is 6.96. The lowest BCUT2D eigenvalue weighted by Gasteiger charge is -2.22. The molecule has 3 rings (SSSR count). The van der Waals surface area contributed by atoms with E-state index in [1.807, 2.05) is 0 Å². The highest BCUT2D eigenvalue weighted by Gasteiger charge is 2.30. The molecule has 1 heterocycles. The minimum Gasteiger partial charge on any atom is -0.324 e. The normalized spacial score (nSPS) is 14.4. The summed E-state index contributed by atoms with van der Waals surface area (Å²) in [5.74, 6) is 0.487. The minimum absolute atomic E-state index is 0.0923. The number of amides is 1. The summed E-state index contributed by atoms with van der Waals surface area (Å²) in [5.41, 5.74) is 3.33. The Labute approximate surface area is 148 Å². The van der Waals surface area contributed by atoms with Crippen LogP contribution in [0.1, 0.15) is 48.6 Å². The number of thiophene rings is 1. The number of carbonyl (C=O) groups excluding carboxylic acids is 1. The molecule has 24 heavy (non-hydrogen) atoms. The van der Waals surface area contributed by atoms with Crippen molar-refractivity contribution in [3.63, 3.8) is 0 Å². The van der Waals surface area contributed by atoms with Gasteiger partial charge in [-0.2, -0.15) is 0 Å². The van der Waals surface area contributed by atoms with Crippen molar-refractivity contribution in [2.75, 3.05) is 11.9 Å². The minimum atomic E-state index is 0.0923. The van der Waals surface area contributed by atoms with Gasteiger partial charge < -0.3 is 5.32 Å². The summed E-state index contributed by atoms with van der Waals surface area (Å²) in [6, 6.07) is 11.0. The van der Waals surface area contributed by atoms with Crippen LogP contribution < -0.4 is 5.32 Å². The van der Waals surface area contributed by atoms with E-state index >= 15 is 0 Å². The Kier molecular flexibility index (Phi) is 5.36. The molecule has 0 bridgehead atoms. The van der Waals surface area contributed by atoms with Gasteiger partial charge in [0.25, 0.3) is 0 Å². The van der Waals surface area contributed by atoms with E-state index in [-0.39, 0.29) is 5.91 Å². The van der Waals surface area contributed by atoms with E-state index in [0.717, 1.165) is 17.8 Å². The Morgan fingerprint density at radius 3 is 2.71 bits per heavy atom. The molecule has 1 aliphatic rings. The summed E-state index contributed by atoms with van der Waals surface area (Å²) in [7, 11) is 0. The number of para-hydroxylation sites is 1. The maximum atomic E-state index is 12.7. The first kappa shape index (κ1) is 17.2. The first-order valence-electron chi connectivity index (χ1n) is 8.70. The first-order chi connectivity index (χ1) is 11.5. The van der Waals surface area contributed by atoms with Crippen LogP contribution in [0.2, 0.25) is 0 Å². The third-order valence-electron chi connectivity index (χ3n) is 4.54. The molecule has 0 spiro atoms. The van der Waals surface area contributed by atoms with Crippen molar-refractivity contribution >= 4 is 22.9 Å². The maximum absolute atomic E-state index is 12.7. The first-order valence-corrected chi connectivity index (χ1v) is 9.58. The van der Waals surface area contributed by atoms with Crippen LogP contribution in [0.3, 0.4) is 0 Å². The largest absolute Gasteiger partial charge is 0.324 e. The van der Waals surface area contributed by atoms with Gasteiger partial charge in [-0.25, -0.2) is 0 Å². The summed E-state index contributed by atoms with van der Waals surface area (Å²) in [6.07, 6.45) is 2.42. The van der Waals surface area contributed by atoms with Crippen molar-refractivity contribution in [2.24, 2.45) is 0 Å². The van der Waals surface area contributed by atoms with Gasteiger partial charge in [0.15, 0.2) is 0 Å². The Morgan fingerprint density at radius 2 is 2.08 bits per heavy atom. The molecular weight excluding hydrogens is 316 g/mol. The number of nitrogens with one attached hydrogen (secondary N) is 1. The monoisotopic (exact) mass is 342 g/mol. The number of rotatable bonds is 7. The maximum Gasteiger partial charge on any atom is 0.238 e. The van der Waals surface area contributed by atoms with Gasteiger partial charge in [-0.1, -0.05) is 38.1 Å². The van der Waals surface area contributed by atoms with Gasteiger partial charge in [-0.3, -0.25) is 9.69 Å². The topological polar surface area (TPSA) is 32.3 Å². The van der Waals surface area contributed by atoms with Crippen LogP contribution in [-0.2, 0) is 11.3 Å². The zero-order valence-electron chi connectivity index (χ0n) is 14.7. The van der Waals surface area contributed by atoms with Crippen molar-refractivity contribution in [2.45, 2.75) is 52.1 Å². The Hall–Kier alpha value is -1.65. The van der Waals surface area contributed by atoms with E-state index in [1.54, 1.807) is 11.3 Å². The summed E-state index contributed by atoms with van der Waals surface area (Å²) in [4.78, 5) is 16.3. The van der Waals surface area contributed by atoms with Crippen LogP contribution >= 0.6 is 11.3 Å². The van der Waals surface area contributed by atoms with Crippen LogP contribution in [0.5, 0.6) is 0 Å². The molecule has 1 fully saturated rings. The highest BCUT2D eigenvalue weighted by atomic mass is 32.1. The smallest absolute Gasteiger partial charge is 0.238 e. The van der Waals surface area contributed by atoms with Crippen LogP contribution in [0.4, 0.5) is 5.69 Å². The molecule has 0 atom stereocenters. The van der Waals surface area contributed by atoms with Crippen LogP contribution in [0.15, 0.2) is 35.7 Å². The molecule has 1 aromatic carbocycles. The number of hydrogen-bond donors (Lipinski definition) is 1. The third kappa shape index (κ3) is 4.25. The van der Waals surface area contributed by atoms with E-state index in [0.29, 0.717) is 18.5 Å². The molecule has 0 aliphatic heterocycles. The van der Waals surface area contributed by atoms with Crippen molar-refractivity contribution in [1.82, 2.24) is 4.90 Å². The van der Waals surface area contributed by atoms with E-state index in [9.17, 15) is 4.79 Å². The second-order valence-corrected chi connectivity index (χ2v) is 7.99. The summed E-state index contributed by atoms with van der Waals surface area (Å²) < 4.78 is 0. The van der Waals surface area contributed by atoms with E-state index in [1.165, 1.54) is 23.3 Å². The highest BCUT2D eigenvalue weighted by molar-refractivity contribution is 7.09. The Morgan fingerprint density at radius 1 is 1.29 bits per heavy atom. The molecule has 2 aromatic rings. The van der Waals surface area contributed by atoms with Gasteiger partial charge in [0.2, 0.25) is 5.91 Å². The summed E-state index contributed by atoms with van der Waals surface area (Å²) in [5, 5.41) is 5.28. The molecule has 128 valence electrons. The molecule has 0 unspecified atom stereocenters. The molecule has 0 saturated heterocycles. The van der Waals surface area contributed by atoms with E-state index < -0.39 is 0 Å². The lowest BCUT2D eigenvalue weighted by molar-refractivity contribution is -0.117. The number of carbonyl (C=O) groups is 1. The third-order valence-corrected chi connectivity index (χ3v) is 5.40. The fourth-order valence-electron chi connectivity index (χ4n) is 3.06. The summed E-state index contributed by atoms with van der Waals surface area (Å²) in [6.45, 7) is 7.73. The second kappa shape index (κ2) is 7.49. The van der Waals surface area contributed by atoms with Crippen molar-refractivity contribution in [3.05, 3.63) is 51.7 Å². The standard InChI is InChI=1S/C20H26N2OS/c1-14(2)18-8-4-6-15(3)20(18)21-19(23)13-22(16-9-10-16)12-17-7-5-11-24-17/h4-8,11,14,16H,9-10,12-13H2,1-3H3,(H,21,23). The lowest BCUT2D eigenvalue weighted by Crippen LogP contribution is -2.34. The molecule has 0 radical (unpaired) electrons. The SMILES string of the molecule is Cc1cccc(C(C)C)c1NC(=O)CN(Cc1cccs1)C1CC1. The number of nitrogens with zero attached hydrogens (tertiary/aromatic N) is 1. The Balaban J connectivity index is 1.68. The van der Waals surface area contributed by atoms with E-state index in [2.05, 4.69) is 66.7 Å². The van der Waals surface area contributed by atoms with Crippen LogP contribution in [0.25, 0.3) is 0 Å². The van der Waals surface area contributed by atoms with Crippen molar-refractivity contribution in [1.29, 1.82) is 0 Å². The quantitative estimate of drug-likeness (QED) is 0.785. The van der Waals surface area contributed by atoms with Gasteiger partial charge in [0.1, 0.15) is 0 Å². The predicted octanol–water partition coefficient (Wildman–Crippen LogP) is 4.78. The molecule has 1 amide bonds. The summed E-state index contributed by atoms with van der Waals surface area (Å²) >= 11 is 1.76. The average molecular weight is 343 g/mol. The van der Waals surface area contributed by atoms with Crippen molar-refractivity contribution in [3.8, 4) is 0 Å². The fourth-order valence-corrected chi connectivity index (χ4v) is 3.79. The molecule has 3 nitrogen and oxygen atoms in total. The molecule has 1 saturated carbocycles. The van der Waals surface area contributed by atoms with E-state index in [4.69, 9.17) is 0 Å². The van der Waals surface area contributed by atoms with Gasteiger partial charge in [-0.05, 0) is 48.3 Å². The average Bonchev–Trinajstić information content (AvgIpc) is 3.26. The van der Waals surface area contributed by atoms with Crippen molar-refractivity contribution < 1.29 is 4.79 Å². The van der Waals surface area contributed by atoms with Gasteiger partial charge in [0, 0.05) is 23.2 Å². The van der Waals surface area contributed by atoms with Gasteiger partial charge in [-0.15, -0.1) is 11.3 Å². The van der Waals surface area contributed by atoms with Crippen LogP contribution in [-0.4, -0.2) is 23.4 Å². The Bertz CT molecular complexity index is 690. The molecule has 1 N–H and O–H groups in total. The highest BCUT2D eigenvalue weighted by Crippen LogP contribution is 2.30. The molecule has 4 heteroatoms. The number of aryl methyl sites for hydroxylation is 1. The zero-order chi connectivity index (χ0) is 17.1. The lowest BCUT2D eigenvalue weighted by atomic mass is 9.98. The zero-order valence-corrected chi connectivity index (χ0v) is 15.5. The molecule has 1 aliphatic carbocycles. The molecular formula is C20H26N2OS. The van der Waals surface area contributed by atoms with Gasteiger partial charge in [0.05, 0.1) is 6.54 Å². The number of benzene rings is 1.